The lowest BCUT2D eigenvalue weighted by molar-refractivity contribution is -0.147. The first-order valence-corrected chi connectivity index (χ1v) is 8.74. The Labute approximate surface area is 170 Å². The maximum Gasteiger partial charge on any atom is 0.326 e. The molecule has 0 saturated carbocycles. The van der Waals surface area contributed by atoms with E-state index in [1.807, 2.05) is 10.6 Å². The number of aliphatic hydroxyl groups is 1. The van der Waals surface area contributed by atoms with Crippen LogP contribution in [0.3, 0.4) is 0 Å². The minimum absolute atomic E-state index is 0.617. The van der Waals surface area contributed by atoms with Crippen molar-refractivity contribution in [3.63, 3.8) is 0 Å². The lowest BCUT2D eigenvalue weighted by atomic mass is 10.0. The first-order chi connectivity index (χ1) is 13.8. The van der Waals surface area contributed by atoms with E-state index in [0.717, 1.165) is 0 Å². The van der Waals surface area contributed by atoms with Gasteiger partial charge in [0.15, 0.2) is 0 Å². The number of nitrogens with one attached hydrogen (secondary N) is 3. The van der Waals surface area contributed by atoms with Crippen molar-refractivity contribution in [2.45, 2.75) is 50.9 Å². The molecule has 0 spiro atoms. The molecule has 3 amide bonds. The van der Waals surface area contributed by atoms with Crippen LogP contribution in [0.5, 0.6) is 0 Å². The number of rotatable bonds is 13. The summed E-state index contributed by atoms with van der Waals surface area (Å²) in [6.45, 7) is 2.22. The van der Waals surface area contributed by atoms with E-state index in [1.165, 1.54) is 13.8 Å². The van der Waals surface area contributed by atoms with Crippen LogP contribution >= 0.6 is 0 Å². The second-order valence-corrected chi connectivity index (χ2v) is 6.68. The lowest BCUT2D eigenvalue weighted by Gasteiger charge is -2.26. The van der Waals surface area contributed by atoms with E-state index in [2.05, 4.69) is 5.32 Å². The lowest BCUT2D eigenvalue weighted by Crippen LogP contribution is -2.59. The molecule has 14 nitrogen and oxygen atoms in total. The van der Waals surface area contributed by atoms with E-state index in [1.54, 1.807) is 0 Å². The highest BCUT2D eigenvalue weighted by molar-refractivity contribution is 5.96. The molecule has 0 heterocycles. The van der Waals surface area contributed by atoms with Crippen LogP contribution in [0.15, 0.2) is 0 Å². The number of hydrogen-bond acceptors (Lipinski definition) is 8. The maximum atomic E-state index is 12.5. The summed E-state index contributed by atoms with van der Waals surface area (Å²) in [5.41, 5.74) is 5.31. The predicted molar refractivity (Wildman–Crippen MR) is 97.8 cm³/mol. The van der Waals surface area contributed by atoms with Crippen LogP contribution in [0.4, 0.5) is 0 Å². The summed E-state index contributed by atoms with van der Waals surface area (Å²) >= 11 is 0. The molecule has 0 aromatic carbocycles. The second-order valence-electron chi connectivity index (χ2n) is 6.68. The third kappa shape index (κ3) is 9.29. The summed E-state index contributed by atoms with van der Waals surface area (Å²) in [5.74, 6) is -8.24. The molecule has 0 fully saturated rings. The SMILES string of the molecule is CC(C)C(NC(=O)C(CC(=O)O)NC(=O)C(N)CO)C(=O)NC(CC(=O)O)C(=O)O. The Balaban J connectivity index is 5.42. The quantitative estimate of drug-likeness (QED) is 0.141. The van der Waals surface area contributed by atoms with E-state index >= 15 is 0 Å². The molecule has 0 aromatic heterocycles. The van der Waals surface area contributed by atoms with E-state index in [9.17, 15) is 28.8 Å². The normalized spacial score (nSPS) is 14.7. The van der Waals surface area contributed by atoms with Crippen molar-refractivity contribution < 1.29 is 49.2 Å². The van der Waals surface area contributed by atoms with Gasteiger partial charge in [0.25, 0.3) is 0 Å². The van der Waals surface area contributed by atoms with Crippen molar-refractivity contribution >= 4 is 35.6 Å². The average Bonchev–Trinajstić information content (AvgIpc) is 2.62. The van der Waals surface area contributed by atoms with Gasteiger partial charge in [0.05, 0.1) is 19.4 Å². The first-order valence-electron chi connectivity index (χ1n) is 8.74. The van der Waals surface area contributed by atoms with Crippen LogP contribution in [0.2, 0.25) is 0 Å². The van der Waals surface area contributed by atoms with Crippen molar-refractivity contribution in [3.8, 4) is 0 Å². The number of aliphatic carboxylic acids is 3. The Morgan fingerprint density at radius 3 is 1.63 bits per heavy atom. The molecule has 0 aliphatic heterocycles. The number of carboxylic acid groups (broad SMARTS) is 3. The molecule has 0 bridgehead atoms. The van der Waals surface area contributed by atoms with Crippen molar-refractivity contribution in [2.75, 3.05) is 6.61 Å². The van der Waals surface area contributed by atoms with Crippen molar-refractivity contribution in [1.82, 2.24) is 16.0 Å². The Morgan fingerprint density at radius 1 is 0.767 bits per heavy atom. The van der Waals surface area contributed by atoms with Gasteiger partial charge in [-0.2, -0.15) is 0 Å². The zero-order valence-electron chi connectivity index (χ0n) is 16.3. The van der Waals surface area contributed by atoms with E-state index in [-0.39, 0.29) is 0 Å². The average molecular weight is 434 g/mol. The fourth-order valence-corrected chi connectivity index (χ4v) is 2.17. The van der Waals surface area contributed by atoms with Gasteiger partial charge in [-0.25, -0.2) is 4.79 Å². The largest absolute Gasteiger partial charge is 0.481 e. The van der Waals surface area contributed by atoms with Gasteiger partial charge in [-0.05, 0) is 5.92 Å². The summed E-state index contributed by atoms with van der Waals surface area (Å²) in [4.78, 5) is 69.5. The molecule has 4 atom stereocenters. The molecule has 0 aromatic rings. The van der Waals surface area contributed by atoms with Gasteiger partial charge >= 0.3 is 17.9 Å². The Kier molecular flexibility index (Phi) is 11.0. The van der Waals surface area contributed by atoms with Crippen LogP contribution in [-0.4, -0.2) is 86.8 Å². The summed E-state index contributed by atoms with van der Waals surface area (Å²) in [6.07, 6.45) is -1.77. The highest BCUT2D eigenvalue weighted by Gasteiger charge is 2.33. The molecule has 14 heteroatoms. The summed E-state index contributed by atoms with van der Waals surface area (Å²) < 4.78 is 0. The fraction of sp³-hybridized carbons (Fsp3) is 0.625. The number of aliphatic hydroxyl groups excluding tert-OH is 1. The Hall–Kier alpha value is -3.26. The molecular weight excluding hydrogens is 408 g/mol. The van der Waals surface area contributed by atoms with Gasteiger partial charge in [-0.3, -0.25) is 24.0 Å². The van der Waals surface area contributed by atoms with Crippen molar-refractivity contribution in [2.24, 2.45) is 11.7 Å². The predicted octanol–water partition coefficient (Wildman–Crippen LogP) is -3.55. The molecule has 0 rings (SSSR count). The van der Waals surface area contributed by atoms with Gasteiger partial charge < -0.3 is 42.1 Å². The standard InChI is InChI=1S/C16H26N4O10/c1-6(2)12(15(28)19-9(16(29)30)4-11(24)25)20-14(27)8(3-10(22)23)18-13(26)7(17)5-21/h6-9,12,21H,3-5,17H2,1-2H3,(H,18,26)(H,19,28)(H,20,27)(H,22,23)(H,24,25)(H,29,30). The summed E-state index contributed by atoms with van der Waals surface area (Å²) in [7, 11) is 0. The molecule has 9 N–H and O–H groups in total. The molecule has 30 heavy (non-hydrogen) atoms. The fourth-order valence-electron chi connectivity index (χ4n) is 2.17. The van der Waals surface area contributed by atoms with E-state index in [0.29, 0.717) is 0 Å². The van der Waals surface area contributed by atoms with E-state index < -0.39 is 85.2 Å². The molecule has 0 radical (unpaired) electrons. The van der Waals surface area contributed by atoms with Gasteiger partial charge in [0.1, 0.15) is 24.2 Å². The highest BCUT2D eigenvalue weighted by atomic mass is 16.4. The zero-order chi connectivity index (χ0) is 23.6. The van der Waals surface area contributed by atoms with Crippen LogP contribution in [-0.2, 0) is 28.8 Å². The van der Waals surface area contributed by atoms with Crippen LogP contribution in [0.1, 0.15) is 26.7 Å². The number of carbonyl (C=O) groups excluding carboxylic acids is 3. The number of carboxylic acids is 3. The van der Waals surface area contributed by atoms with Gasteiger partial charge in [-0.15, -0.1) is 0 Å². The first kappa shape index (κ1) is 26.7. The third-order valence-corrected chi connectivity index (χ3v) is 3.79. The summed E-state index contributed by atoms with van der Waals surface area (Å²) in [5, 5.41) is 41.8. The number of carbonyl (C=O) groups is 6. The topological polar surface area (TPSA) is 245 Å². The second kappa shape index (κ2) is 12.3. The monoisotopic (exact) mass is 434 g/mol. The summed E-state index contributed by atoms with van der Waals surface area (Å²) in [6, 6.07) is -6.18. The van der Waals surface area contributed by atoms with E-state index in [4.69, 9.17) is 26.2 Å². The van der Waals surface area contributed by atoms with Crippen molar-refractivity contribution in [3.05, 3.63) is 0 Å². The van der Waals surface area contributed by atoms with Crippen LogP contribution in [0, 0.1) is 5.92 Å². The van der Waals surface area contributed by atoms with Gasteiger partial charge in [0, 0.05) is 0 Å². The molecule has 170 valence electrons. The number of hydrogen-bond donors (Lipinski definition) is 8. The van der Waals surface area contributed by atoms with Crippen molar-refractivity contribution in [1.29, 1.82) is 0 Å². The van der Waals surface area contributed by atoms with Crippen LogP contribution in [0.25, 0.3) is 0 Å². The minimum Gasteiger partial charge on any atom is -0.481 e. The van der Waals surface area contributed by atoms with Crippen LogP contribution < -0.4 is 21.7 Å². The third-order valence-electron chi connectivity index (χ3n) is 3.79. The molecule has 0 aliphatic carbocycles. The van der Waals surface area contributed by atoms with Gasteiger partial charge in [-0.1, -0.05) is 13.8 Å². The Bertz CT molecular complexity index is 681. The smallest absolute Gasteiger partial charge is 0.326 e. The zero-order valence-corrected chi connectivity index (χ0v) is 16.3. The molecule has 0 aliphatic rings. The van der Waals surface area contributed by atoms with Gasteiger partial charge in [0.2, 0.25) is 17.7 Å². The number of nitrogens with two attached hydrogens (primary N) is 1. The minimum atomic E-state index is -1.76. The highest BCUT2D eigenvalue weighted by Crippen LogP contribution is 2.06. The Morgan fingerprint density at radius 2 is 1.23 bits per heavy atom. The molecule has 0 saturated heterocycles. The molecular formula is C16H26N4O10. The maximum absolute atomic E-state index is 12.5. The number of amides is 3. The molecule has 4 unspecified atom stereocenters.